The van der Waals surface area contributed by atoms with E-state index >= 15 is 0 Å². The van der Waals surface area contributed by atoms with Crippen LogP contribution in [-0.2, 0) is 21.4 Å². The Morgan fingerprint density at radius 3 is 2.75 bits per heavy atom. The van der Waals surface area contributed by atoms with Crippen molar-refractivity contribution in [1.82, 2.24) is 4.57 Å². The summed E-state index contributed by atoms with van der Waals surface area (Å²) >= 11 is 0. The Bertz CT molecular complexity index is 775. The lowest BCUT2D eigenvalue weighted by Crippen LogP contribution is -2.17. The van der Waals surface area contributed by atoms with E-state index in [0.717, 1.165) is 0 Å². The van der Waals surface area contributed by atoms with Crippen molar-refractivity contribution in [3.05, 3.63) is 30.5 Å². The highest BCUT2D eigenvalue weighted by Crippen LogP contribution is 2.32. The Hall–Kier alpha value is -2.02. The first-order valence-corrected chi connectivity index (χ1v) is 7.83. The molecule has 1 aromatic carbocycles. The van der Waals surface area contributed by atoms with Crippen molar-refractivity contribution in [3.63, 3.8) is 0 Å². The van der Waals surface area contributed by atoms with E-state index < -0.39 is 16.0 Å². The molecule has 0 aliphatic heterocycles. The zero-order valence-corrected chi connectivity index (χ0v) is 11.4. The van der Waals surface area contributed by atoms with Crippen LogP contribution in [0.4, 0.5) is 5.69 Å². The van der Waals surface area contributed by atoms with Crippen LogP contribution in [0, 0.1) is 0 Å². The van der Waals surface area contributed by atoms with Crippen molar-refractivity contribution in [1.29, 1.82) is 0 Å². The number of hydrogen-bond acceptors (Lipinski definition) is 3. The van der Waals surface area contributed by atoms with Crippen molar-refractivity contribution >= 4 is 32.6 Å². The number of rotatable bonds is 5. The Kier molecular flexibility index (Phi) is 2.93. The van der Waals surface area contributed by atoms with Gasteiger partial charge in [-0.2, -0.15) is 0 Å². The number of sulfonamides is 1. The normalized spacial score (nSPS) is 15.4. The second-order valence-corrected chi connectivity index (χ2v) is 6.88. The third-order valence-corrected chi connectivity index (χ3v) is 5.19. The van der Waals surface area contributed by atoms with Crippen molar-refractivity contribution < 1.29 is 18.3 Å². The van der Waals surface area contributed by atoms with Gasteiger partial charge in [-0.05, 0) is 31.0 Å². The van der Waals surface area contributed by atoms with E-state index in [1.165, 1.54) is 0 Å². The van der Waals surface area contributed by atoms with Gasteiger partial charge in [0.25, 0.3) is 0 Å². The van der Waals surface area contributed by atoms with Crippen molar-refractivity contribution in [3.8, 4) is 0 Å². The smallest absolute Gasteiger partial charge is 0.323 e. The van der Waals surface area contributed by atoms with Crippen LogP contribution in [0.5, 0.6) is 0 Å². The third kappa shape index (κ3) is 2.36. The molecule has 1 aromatic heterocycles. The lowest BCUT2D eigenvalue weighted by Gasteiger charge is -2.09. The molecular weight excluding hydrogens is 280 g/mol. The van der Waals surface area contributed by atoms with E-state index in [4.69, 9.17) is 5.11 Å². The standard InChI is InChI=1S/C13H14N2O4S/c16-13(17)8-15-7-6-10-11(2-1-3-12(10)15)14-20(18,19)9-4-5-9/h1-3,6-7,9,14H,4-5,8H2,(H,16,17). The van der Waals surface area contributed by atoms with Crippen LogP contribution < -0.4 is 4.72 Å². The molecule has 3 rings (SSSR count). The van der Waals surface area contributed by atoms with Gasteiger partial charge < -0.3 is 9.67 Å². The van der Waals surface area contributed by atoms with Gasteiger partial charge in [-0.3, -0.25) is 9.52 Å². The van der Waals surface area contributed by atoms with Gasteiger partial charge in [0.15, 0.2) is 0 Å². The Morgan fingerprint density at radius 2 is 2.10 bits per heavy atom. The molecule has 2 aromatic rings. The molecule has 0 radical (unpaired) electrons. The van der Waals surface area contributed by atoms with Crippen LogP contribution in [0.2, 0.25) is 0 Å². The summed E-state index contributed by atoms with van der Waals surface area (Å²) in [4.78, 5) is 10.8. The van der Waals surface area contributed by atoms with Gasteiger partial charge in [0.2, 0.25) is 10.0 Å². The molecule has 0 bridgehead atoms. The summed E-state index contributed by atoms with van der Waals surface area (Å²) in [7, 11) is -3.32. The zero-order chi connectivity index (χ0) is 14.3. The molecule has 2 N–H and O–H groups in total. The summed E-state index contributed by atoms with van der Waals surface area (Å²) in [6, 6.07) is 6.90. The molecule has 0 spiro atoms. The number of benzene rings is 1. The number of carboxylic acid groups (broad SMARTS) is 1. The van der Waals surface area contributed by atoms with E-state index in [1.54, 1.807) is 35.0 Å². The van der Waals surface area contributed by atoms with E-state index in [1.807, 2.05) is 0 Å². The fourth-order valence-electron chi connectivity index (χ4n) is 2.21. The molecule has 1 saturated carbocycles. The molecule has 0 saturated heterocycles. The minimum atomic E-state index is -3.32. The number of carbonyl (C=O) groups is 1. The minimum Gasteiger partial charge on any atom is -0.480 e. The molecule has 6 nitrogen and oxygen atoms in total. The van der Waals surface area contributed by atoms with Gasteiger partial charge in [0, 0.05) is 11.6 Å². The highest BCUT2D eigenvalue weighted by Gasteiger charge is 2.35. The molecule has 7 heteroatoms. The number of fused-ring (bicyclic) bond motifs is 1. The number of nitrogens with one attached hydrogen (secondary N) is 1. The number of nitrogens with zero attached hydrogens (tertiary/aromatic N) is 1. The van der Waals surface area contributed by atoms with Crippen LogP contribution in [0.1, 0.15) is 12.8 Å². The predicted octanol–water partition coefficient (Wildman–Crippen LogP) is 1.63. The van der Waals surface area contributed by atoms with Crippen molar-refractivity contribution in [2.24, 2.45) is 0 Å². The van der Waals surface area contributed by atoms with E-state index in [2.05, 4.69) is 4.72 Å². The maximum atomic E-state index is 12.0. The number of aliphatic carboxylic acids is 1. The number of anilines is 1. The fourth-order valence-corrected chi connectivity index (χ4v) is 3.62. The maximum Gasteiger partial charge on any atom is 0.323 e. The third-order valence-electron chi connectivity index (χ3n) is 3.33. The van der Waals surface area contributed by atoms with Crippen LogP contribution in [0.15, 0.2) is 30.5 Å². The zero-order valence-electron chi connectivity index (χ0n) is 10.6. The first-order chi connectivity index (χ1) is 9.47. The average molecular weight is 294 g/mol. The van der Waals surface area contributed by atoms with E-state index in [9.17, 15) is 13.2 Å². The number of hydrogen-bond donors (Lipinski definition) is 2. The predicted molar refractivity (Wildman–Crippen MR) is 75.1 cm³/mol. The van der Waals surface area contributed by atoms with Gasteiger partial charge in [0.1, 0.15) is 6.54 Å². The Balaban J connectivity index is 2.00. The lowest BCUT2D eigenvalue weighted by molar-refractivity contribution is -0.137. The summed E-state index contributed by atoms with van der Waals surface area (Å²) in [5.41, 5.74) is 1.20. The Morgan fingerprint density at radius 1 is 1.35 bits per heavy atom. The average Bonchev–Trinajstić information content (AvgIpc) is 3.14. The minimum absolute atomic E-state index is 0.150. The summed E-state index contributed by atoms with van der Waals surface area (Å²) in [5, 5.41) is 9.26. The molecule has 106 valence electrons. The maximum absolute atomic E-state index is 12.0. The summed E-state index contributed by atoms with van der Waals surface area (Å²) in [6.07, 6.45) is 3.05. The topological polar surface area (TPSA) is 88.4 Å². The van der Waals surface area contributed by atoms with E-state index in [0.29, 0.717) is 29.4 Å². The SMILES string of the molecule is O=C(O)Cn1ccc2c(NS(=O)(=O)C3CC3)cccc21. The van der Waals surface area contributed by atoms with Gasteiger partial charge >= 0.3 is 5.97 Å². The van der Waals surface area contributed by atoms with Gasteiger partial charge in [-0.25, -0.2) is 8.42 Å². The highest BCUT2D eigenvalue weighted by atomic mass is 32.2. The second kappa shape index (κ2) is 4.52. The molecule has 1 aliphatic rings. The second-order valence-electron chi connectivity index (χ2n) is 4.92. The van der Waals surface area contributed by atoms with E-state index in [-0.39, 0.29) is 11.8 Å². The molecule has 1 heterocycles. The molecule has 1 aliphatic carbocycles. The summed E-state index contributed by atoms with van der Waals surface area (Å²) < 4.78 is 28.1. The molecule has 1 fully saturated rings. The summed E-state index contributed by atoms with van der Waals surface area (Å²) in [5.74, 6) is -0.938. The number of carboxylic acids is 1. The molecular formula is C13H14N2O4S. The lowest BCUT2D eigenvalue weighted by atomic mass is 10.2. The van der Waals surface area contributed by atoms with Gasteiger partial charge in [-0.1, -0.05) is 6.07 Å². The molecule has 20 heavy (non-hydrogen) atoms. The van der Waals surface area contributed by atoms with Gasteiger partial charge in [0.05, 0.1) is 16.5 Å². The molecule has 0 atom stereocenters. The first-order valence-electron chi connectivity index (χ1n) is 6.28. The van der Waals surface area contributed by atoms with Gasteiger partial charge in [-0.15, -0.1) is 0 Å². The summed E-state index contributed by atoms with van der Waals surface area (Å²) in [6.45, 7) is -0.150. The first kappa shape index (κ1) is 13.0. The number of aromatic nitrogens is 1. The monoisotopic (exact) mass is 294 g/mol. The molecule has 0 amide bonds. The van der Waals surface area contributed by atoms with Crippen molar-refractivity contribution in [2.75, 3.05) is 4.72 Å². The largest absolute Gasteiger partial charge is 0.480 e. The molecule has 0 unspecified atom stereocenters. The van der Waals surface area contributed by atoms with Crippen LogP contribution in [0.3, 0.4) is 0 Å². The quantitative estimate of drug-likeness (QED) is 0.877. The highest BCUT2D eigenvalue weighted by molar-refractivity contribution is 7.93. The fraction of sp³-hybridized carbons (Fsp3) is 0.308. The van der Waals surface area contributed by atoms with Crippen LogP contribution in [0.25, 0.3) is 10.9 Å². The Labute approximate surface area is 116 Å². The van der Waals surface area contributed by atoms with Crippen LogP contribution >= 0.6 is 0 Å². The van der Waals surface area contributed by atoms with Crippen LogP contribution in [-0.4, -0.2) is 29.3 Å². The van der Waals surface area contributed by atoms with Crippen molar-refractivity contribution in [2.45, 2.75) is 24.6 Å².